The lowest BCUT2D eigenvalue weighted by molar-refractivity contribution is 0.109. The van der Waals surface area contributed by atoms with Gasteiger partial charge in [-0.2, -0.15) is 0 Å². The summed E-state index contributed by atoms with van der Waals surface area (Å²) in [6.07, 6.45) is 22.5. The number of anilines is 1. The second kappa shape index (κ2) is 13.7. The van der Waals surface area contributed by atoms with E-state index < -0.39 is 0 Å². The van der Waals surface area contributed by atoms with Gasteiger partial charge in [0, 0.05) is 57.2 Å². The van der Waals surface area contributed by atoms with Crippen LogP contribution in [0.1, 0.15) is 13.8 Å². The Labute approximate surface area is 365 Å². The van der Waals surface area contributed by atoms with Gasteiger partial charge in [-0.05, 0) is 79.7 Å². The molecule has 0 amide bonds. The highest BCUT2D eigenvalue weighted by Crippen LogP contribution is 2.52. The number of imidazole rings is 1. The van der Waals surface area contributed by atoms with Crippen LogP contribution >= 0.6 is 0 Å². The standard InChI is InChI=1S/C58H43N5/c1-58(2)48-25-11-13-27-50(48)62(51-28-14-12-26-49(51)58)39-31-29-36(30-32-39)56-61-53-44-22-9-7-20-42(44)43-21-8-10-23-46(43)55(53)63(56)57-54-45(24-15-33-59-54)47(35-60-57)52-40-18-5-3-16-37(40)34-38-17-4-6-19-41(38)52/h3-35,48-51H,1-2H3. The molecule has 0 spiro atoms. The SMILES string of the molecule is CC1(C)C2C=CC=CC2N(c2ccc(-c3nc4c5ccccc5c5ccccc5c4n3-c3ncc(-c4c5ccccc5cc5ccccc45)c4cccnc34)cc2)C2C=CC=CC21. The summed E-state index contributed by atoms with van der Waals surface area (Å²) < 4.78 is 2.29. The van der Waals surface area contributed by atoms with Crippen LogP contribution in [0.4, 0.5) is 5.69 Å². The molecule has 4 unspecified atom stereocenters. The Morgan fingerprint density at radius 3 is 1.73 bits per heavy atom. The molecule has 0 radical (unpaired) electrons. The van der Waals surface area contributed by atoms with Crippen molar-refractivity contribution >= 4 is 70.7 Å². The van der Waals surface area contributed by atoms with Crippen LogP contribution in [0.3, 0.4) is 0 Å². The molecule has 1 saturated heterocycles. The first-order valence-corrected chi connectivity index (χ1v) is 22.1. The number of aromatic nitrogens is 4. The van der Waals surface area contributed by atoms with Gasteiger partial charge < -0.3 is 4.90 Å². The molecule has 5 heteroatoms. The fourth-order valence-corrected chi connectivity index (χ4v) is 11.5. The molecule has 3 aliphatic rings. The summed E-state index contributed by atoms with van der Waals surface area (Å²) in [4.78, 5) is 19.0. The Morgan fingerprint density at radius 1 is 0.508 bits per heavy atom. The number of hydrogen-bond donors (Lipinski definition) is 0. The first-order valence-electron chi connectivity index (χ1n) is 22.1. The van der Waals surface area contributed by atoms with E-state index in [1.165, 1.54) is 43.6 Å². The Morgan fingerprint density at radius 2 is 1.06 bits per heavy atom. The van der Waals surface area contributed by atoms with Gasteiger partial charge in [-0.25, -0.2) is 9.97 Å². The Balaban J connectivity index is 1.06. The molecule has 0 bridgehead atoms. The van der Waals surface area contributed by atoms with E-state index in [9.17, 15) is 0 Å². The highest BCUT2D eigenvalue weighted by molar-refractivity contribution is 6.24. The Bertz CT molecular complexity index is 3550. The van der Waals surface area contributed by atoms with Crippen molar-refractivity contribution in [2.75, 3.05) is 4.90 Å². The van der Waals surface area contributed by atoms with Gasteiger partial charge in [0.25, 0.3) is 0 Å². The monoisotopic (exact) mass is 809 g/mol. The molecule has 63 heavy (non-hydrogen) atoms. The van der Waals surface area contributed by atoms with Gasteiger partial charge in [0.15, 0.2) is 5.82 Å². The molecule has 1 aliphatic heterocycles. The van der Waals surface area contributed by atoms with Crippen molar-refractivity contribution in [3.63, 3.8) is 0 Å². The van der Waals surface area contributed by atoms with Gasteiger partial charge in [-0.15, -0.1) is 0 Å². The molecule has 7 aromatic carbocycles. The third-order valence-corrected chi connectivity index (χ3v) is 14.4. The number of allylic oxidation sites excluding steroid dienone is 4. The second-order valence-electron chi connectivity index (χ2n) is 18.0. The molecule has 0 saturated carbocycles. The van der Waals surface area contributed by atoms with Crippen LogP contribution < -0.4 is 4.90 Å². The minimum Gasteiger partial charge on any atom is -0.357 e. The number of rotatable bonds is 4. The number of piperidine rings is 1. The lowest BCUT2D eigenvalue weighted by atomic mass is 9.59. The highest BCUT2D eigenvalue weighted by atomic mass is 15.2. The van der Waals surface area contributed by atoms with Crippen molar-refractivity contribution in [1.82, 2.24) is 19.5 Å². The summed E-state index contributed by atoms with van der Waals surface area (Å²) in [7, 11) is 0. The molecule has 1 fully saturated rings. The fraction of sp³-hybridized carbons (Fsp3) is 0.121. The average molecular weight is 810 g/mol. The molecule has 4 heterocycles. The predicted octanol–water partition coefficient (Wildman–Crippen LogP) is 14.0. The molecule has 5 nitrogen and oxygen atoms in total. The van der Waals surface area contributed by atoms with Gasteiger partial charge in [0.05, 0.1) is 23.1 Å². The van der Waals surface area contributed by atoms with Gasteiger partial charge in [-0.3, -0.25) is 9.55 Å². The molecule has 10 aromatic rings. The van der Waals surface area contributed by atoms with Crippen molar-refractivity contribution in [2.45, 2.75) is 25.9 Å². The largest absolute Gasteiger partial charge is 0.357 e. The van der Waals surface area contributed by atoms with Gasteiger partial charge in [0.2, 0.25) is 0 Å². The van der Waals surface area contributed by atoms with E-state index in [1.54, 1.807) is 0 Å². The van der Waals surface area contributed by atoms with Crippen LogP contribution in [0.2, 0.25) is 0 Å². The summed E-state index contributed by atoms with van der Waals surface area (Å²) >= 11 is 0. The quantitative estimate of drug-likeness (QED) is 0.131. The topological polar surface area (TPSA) is 46.8 Å². The van der Waals surface area contributed by atoms with E-state index in [0.29, 0.717) is 11.8 Å². The van der Waals surface area contributed by atoms with Crippen molar-refractivity contribution in [3.05, 3.63) is 201 Å². The van der Waals surface area contributed by atoms with E-state index in [4.69, 9.17) is 15.0 Å². The second-order valence-corrected chi connectivity index (χ2v) is 18.0. The molecular weight excluding hydrogens is 767 g/mol. The van der Waals surface area contributed by atoms with E-state index in [0.717, 1.165) is 55.5 Å². The first-order chi connectivity index (χ1) is 31.0. The zero-order chi connectivity index (χ0) is 41.8. The van der Waals surface area contributed by atoms with Crippen molar-refractivity contribution in [2.24, 2.45) is 17.3 Å². The molecule has 0 N–H and O–H groups in total. The third-order valence-electron chi connectivity index (χ3n) is 14.4. The van der Waals surface area contributed by atoms with Crippen molar-refractivity contribution in [1.29, 1.82) is 0 Å². The molecule has 13 rings (SSSR count). The van der Waals surface area contributed by atoms with Gasteiger partial charge in [0.1, 0.15) is 11.3 Å². The van der Waals surface area contributed by atoms with E-state index >= 15 is 0 Å². The third kappa shape index (κ3) is 5.26. The maximum atomic E-state index is 5.64. The number of nitrogens with zero attached hydrogens (tertiary/aromatic N) is 5. The molecule has 4 atom stereocenters. The normalized spacial score (nSPS) is 20.1. The van der Waals surface area contributed by atoms with Crippen molar-refractivity contribution in [3.8, 4) is 28.3 Å². The highest BCUT2D eigenvalue weighted by Gasteiger charge is 2.51. The zero-order valence-electron chi connectivity index (χ0n) is 35.1. The molecule has 3 aromatic heterocycles. The summed E-state index contributed by atoms with van der Waals surface area (Å²) in [5, 5.41) is 10.4. The number of pyridine rings is 2. The number of hydrogen-bond acceptors (Lipinski definition) is 4. The van der Waals surface area contributed by atoms with E-state index in [-0.39, 0.29) is 17.5 Å². The fourth-order valence-electron chi connectivity index (χ4n) is 11.5. The minimum atomic E-state index is 0.102. The van der Waals surface area contributed by atoms with Crippen LogP contribution in [0, 0.1) is 17.3 Å². The Kier molecular flexibility index (Phi) is 7.83. The van der Waals surface area contributed by atoms with Crippen LogP contribution in [0.5, 0.6) is 0 Å². The van der Waals surface area contributed by atoms with E-state index in [2.05, 4.69) is 212 Å². The predicted molar refractivity (Wildman–Crippen MR) is 262 cm³/mol. The van der Waals surface area contributed by atoms with E-state index in [1.807, 2.05) is 12.3 Å². The van der Waals surface area contributed by atoms with Gasteiger partial charge in [-0.1, -0.05) is 166 Å². The van der Waals surface area contributed by atoms with Crippen LogP contribution in [0.25, 0.3) is 93.4 Å². The molecular formula is C58H43N5. The lowest BCUT2D eigenvalue weighted by Gasteiger charge is -2.58. The van der Waals surface area contributed by atoms with Gasteiger partial charge >= 0.3 is 0 Å². The maximum Gasteiger partial charge on any atom is 0.165 e. The number of benzene rings is 7. The summed E-state index contributed by atoms with van der Waals surface area (Å²) in [5.74, 6) is 2.35. The van der Waals surface area contributed by atoms with Crippen LogP contribution in [0.15, 0.2) is 201 Å². The lowest BCUT2D eigenvalue weighted by Crippen LogP contribution is -2.61. The Hall–Kier alpha value is -7.63. The zero-order valence-corrected chi connectivity index (χ0v) is 35.1. The summed E-state index contributed by atoms with van der Waals surface area (Å²) in [5.41, 5.74) is 7.33. The average Bonchev–Trinajstić information content (AvgIpc) is 3.74. The maximum absolute atomic E-state index is 5.64. The van der Waals surface area contributed by atoms with Crippen LogP contribution in [-0.4, -0.2) is 31.6 Å². The molecule has 2 aliphatic carbocycles. The summed E-state index contributed by atoms with van der Waals surface area (Å²) in [6, 6.07) is 50.9. The number of fused-ring (bicyclic) bond motifs is 11. The minimum absolute atomic E-state index is 0.102. The van der Waals surface area contributed by atoms with Crippen LogP contribution in [-0.2, 0) is 0 Å². The first kappa shape index (κ1) is 36.1. The summed E-state index contributed by atoms with van der Waals surface area (Å²) in [6.45, 7) is 4.88. The smallest absolute Gasteiger partial charge is 0.165 e. The molecule has 300 valence electrons. The van der Waals surface area contributed by atoms with Crippen molar-refractivity contribution < 1.29 is 0 Å².